The van der Waals surface area contributed by atoms with E-state index < -0.39 is 16.0 Å². The Kier molecular flexibility index (Phi) is 5.51. The van der Waals surface area contributed by atoms with Crippen LogP contribution in [0.2, 0.25) is 0 Å². The molecule has 0 amide bonds. The number of rotatable bonds is 6. The van der Waals surface area contributed by atoms with Gasteiger partial charge in [-0.3, -0.25) is 4.72 Å². The first kappa shape index (κ1) is 15.4. The van der Waals surface area contributed by atoms with Gasteiger partial charge in [-0.15, -0.1) is 0 Å². The van der Waals surface area contributed by atoms with Crippen molar-refractivity contribution in [3.63, 3.8) is 0 Å². The molecule has 0 atom stereocenters. The van der Waals surface area contributed by atoms with Crippen molar-refractivity contribution in [1.29, 1.82) is 0 Å². The lowest BCUT2D eigenvalue weighted by atomic mass is 10.2. The summed E-state index contributed by atoms with van der Waals surface area (Å²) in [6, 6.07) is 2.62. The number of anilines is 1. The molecule has 0 aliphatic heterocycles. The van der Waals surface area contributed by atoms with Crippen LogP contribution >= 0.6 is 15.9 Å². The molecule has 0 saturated heterocycles. The van der Waals surface area contributed by atoms with Crippen LogP contribution < -0.4 is 9.44 Å². The van der Waals surface area contributed by atoms with E-state index in [0.717, 1.165) is 0 Å². The molecule has 8 heteroatoms. The fraction of sp³-hybridized carbons (Fsp3) is 0.400. The van der Waals surface area contributed by atoms with Crippen LogP contribution in [0, 0.1) is 12.7 Å². The number of nitrogens with one attached hydrogen (secondary N) is 2. The predicted molar refractivity (Wildman–Crippen MR) is 71.3 cm³/mol. The Hall–Kier alpha value is -0.700. The van der Waals surface area contributed by atoms with Crippen LogP contribution in [0.4, 0.5) is 10.1 Å². The van der Waals surface area contributed by atoms with Crippen LogP contribution in [0.5, 0.6) is 0 Å². The topological polar surface area (TPSA) is 67.4 Å². The fourth-order valence-electron chi connectivity index (χ4n) is 1.22. The summed E-state index contributed by atoms with van der Waals surface area (Å²) in [4.78, 5) is 0. The lowest BCUT2D eigenvalue weighted by Gasteiger charge is -2.12. The fourth-order valence-corrected chi connectivity index (χ4v) is 2.49. The molecule has 5 nitrogen and oxygen atoms in total. The Morgan fingerprint density at radius 2 is 2.11 bits per heavy atom. The van der Waals surface area contributed by atoms with Crippen molar-refractivity contribution in [3.8, 4) is 0 Å². The van der Waals surface area contributed by atoms with Gasteiger partial charge in [-0.05, 0) is 40.5 Å². The second-order valence-corrected chi connectivity index (χ2v) is 5.93. The van der Waals surface area contributed by atoms with E-state index in [2.05, 4.69) is 25.4 Å². The van der Waals surface area contributed by atoms with Crippen LogP contribution in [0.3, 0.4) is 0 Å². The molecule has 2 N–H and O–H groups in total. The summed E-state index contributed by atoms with van der Waals surface area (Å²) < 4.78 is 46.0. The van der Waals surface area contributed by atoms with Crippen LogP contribution in [0.25, 0.3) is 0 Å². The molecule has 1 aromatic rings. The molecule has 0 spiro atoms. The molecule has 0 fully saturated rings. The number of methoxy groups -OCH3 is 1. The largest absolute Gasteiger partial charge is 0.383 e. The van der Waals surface area contributed by atoms with Crippen molar-refractivity contribution < 1.29 is 17.5 Å². The van der Waals surface area contributed by atoms with E-state index in [0.29, 0.717) is 11.3 Å². The number of aryl methyl sites for hydroxylation is 1. The third-order valence-corrected chi connectivity index (χ3v) is 3.79. The van der Waals surface area contributed by atoms with Gasteiger partial charge in [0.05, 0.1) is 16.8 Å². The van der Waals surface area contributed by atoms with Gasteiger partial charge in [-0.25, -0.2) is 4.39 Å². The third-order valence-electron chi connectivity index (χ3n) is 2.11. The van der Waals surface area contributed by atoms with Crippen LogP contribution in [0.15, 0.2) is 16.6 Å². The van der Waals surface area contributed by atoms with E-state index in [9.17, 15) is 12.8 Å². The highest BCUT2D eigenvalue weighted by molar-refractivity contribution is 9.10. The maximum absolute atomic E-state index is 13.2. The first-order valence-corrected chi connectivity index (χ1v) is 7.35. The average molecular weight is 341 g/mol. The smallest absolute Gasteiger partial charge is 0.299 e. The second kappa shape index (κ2) is 6.46. The molecule has 0 aliphatic carbocycles. The first-order chi connectivity index (χ1) is 8.35. The van der Waals surface area contributed by atoms with Crippen molar-refractivity contribution in [2.75, 3.05) is 25.0 Å². The Bertz CT molecular complexity index is 522. The summed E-state index contributed by atoms with van der Waals surface area (Å²) >= 11 is 3.00. The Morgan fingerprint density at radius 3 is 2.72 bits per heavy atom. The number of hydrogen-bond acceptors (Lipinski definition) is 3. The minimum absolute atomic E-state index is 0.160. The first-order valence-electron chi connectivity index (χ1n) is 5.07. The molecule has 0 saturated carbocycles. The van der Waals surface area contributed by atoms with Gasteiger partial charge < -0.3 is 4.74 Å². The van der Waals surface area contributed by atoms with Gasteiger partial charge in [0.2, 0.25) is 0 Å². The van der Waals surface area contributed by atoms with E-state index >= 15 is 0 Å². The van der Waals surface area contributed by atoms with Gasteiger partial charge >= 0.3 is 0 Å². The molecule has 18 heavy (non-hydrogen) atoms. The zero-order valence-corrected chi connectivity index (χ0v) is 12.4. The molecule has 102 valence electrons. The average Bonchev–Trinajstić information content (AvgIpc) is 2.26. The second-order valence-electron chi connectivity index (χ2n) is 3.57. The highest BCUT2D eigenvalue weighted by Crippen LogP contribution is 2.24. The lowest BCUT2D eigenvalue weighted by molar-refractivity contribution is 0.204. The van der Waals surface area contributed by atoms with E-state index in [1.807, 2.05) is 0 Å². The van der Waals surface area contributed by atoms with Gasteiger partial charge in [-0.2, -0.15) is 13.1 Å². The minimum Gasteiger partial charge on any atom is -0.383 e. The SMILES string of the molecule is COCCNS(=O)(=O)Nc1cc(Br)c(F)cc1C. The summed E-state index contributed by atoms with van der Waals surface area (Å²) in [5.74, 6) is -0.442. The normalized spacial score (nSPS) is 11.6. The molecule has 0 unspecified atom stereocenters. The van der Waals surface area contributed by atoms with Gasteiger partial charge in [0.1, 0.15) is 5.82 Å². The summed E-state index contributed by atoms with van der Waals surface area (Å²) in [5.41, 5.74) is 0.806. The zero-order valence-electron chi connectivity index (χ0n) is 9.96. The Morgan fingerprint density at radius 1 is 1.44 bits per heavy atom. The van der Waals surface area contributed by atoms with Crippen LogP contribution in [0.1, 0.15) is 5.56 Å². The molecule has 0 heterocycles. The van der Waals surface area contributed by atoms with Gasteiger partial charge in [0, 0.05) is 13.7 Å². The van der Waals surface area contributed by atoms with E-state index in [1.54, 1.807) is 6.92 Å². The van der Waals surface area contributed by atoms with Crippen molar-refractivity contribution in [2.24, 2.45) is 0 Å². The third kappa shape index (κ3) is 4.52. The van der Waals surface area contributed by atoms with Crippen molar-refractivity contribution in [2.45, 2.75) is 6.92 Å². The highest BCUT2D eigenvalue weighted by Gasteiger charge is 2.12. The zero-order chi connectivity index (χ0) is 13.8. The summed E-state index contributed by atoms with van der Waals surface area (Å²) in [5, 5.41) is 0. The quantitative estimate of drug-likeness (QED) is 0.776. The van der Waals surface area contributed by atoms with Gasteiger partial charge in [0.25, 0.3) is 10.2 Å². The Labute approximate surface area is 114 Å². The number of ether oxygens (including phenoxy) is 1. The molecular formula is C10H14BrFN2O3S. The van der Waals surface area contributed by atoms with Crippen LogP contribution in [-0.2, 0) is 14.9 Å². The molecule has 0 aliphatic rings. The maximum atomic E-state index is 13.2. The molecule has 0 bridgehead atoms. The highest BCUT2D eigenvalue weighted by atomic mass is 79.9. The van der Waals surface area contributed by atoms with Crippen molar-refractivity contribution >= 4 is 31.8 Å². The maximum Gasteiger partial charge on any atom is 0.299 e. The number of benzene rings is 1. The standard InChI is InChI=1S/C10H14BrFN2O3S/c1-7-5-9(12)8(11)6-10(7)14-18(15,16)13-3-4-17-2/h5-6,13-14H,3-4H2,1-2H3. The van der Waals surface area contributed by atoms with Crippen LogP contribution in [-0.4, -0.2) is 28.7 Å². The Balaban J connectivity index is 2.81. The van der Waals surface area contributed by atoms with Gasteiger partial charge in [-0.1, -0.05) is 0 Å². The molecule has 0 aromatic heterocycles. The number of halogens is 2. The summed E-state index contributed by atoms with van der Waals surface area (Å²) in [6.07, 6.45) is 0. The van der Waals surface area contributed by atoms with E-state index in [-0.39, 0.29) is 17.6 Å². The summed E-state index contributed by atoms with van der Waals surface area (Å²) in [7, 11) is -2.21. The molecule has 1 aromatic carbocycles. The molecule has 0 radical (unpaired) electrons. The van der Waals surface area contributed by atoms with E-state index in [1.165, 1.54) is 19.2 Å². The molecular weight excluding hydrogens is 327 g/mol. The lowest BCUT2D eigenvalue weighted by Crippen LogP contribution is -2.32. The molecule has 1 rings (SSSR count). The van der Waals surface area contributed by atoms with Crippen molar-refractivity contribution in [3.05, 3.63) is 28.0 Å². The monoisotopic (exact) mass is 340 g/mol. The van der Waals surface area contributed by atoms with Gasteiger partial charge in [0.15, 0.2) is 0 Å². The number of hydrogen-bond donors (Lipinski definition) is 2. The predicted octanol–water partition coefficient (Wildman–Crippen LogP) is 1.79. The summed E-state index contributed by atoms with van der Waals surface area (Å²) in [6.45, 7) is 2.04. The minimum atomic E-state index is -3.68. The van der Waals surface area contributed by atoms with E-state index in [4.69, 9.17) is 4.74 Å². The van der Waals surface area contributed by atoms with Crippen molar-refractivity contribution in [1.82, 2.24) is 4.72 Å².